The Morgan fingerprint density at radius 2 is 1.63 bits per heavy atom. The van der Waals surface area contributed by atoms with Crippen molar-refractivity contribution in [2.24, 2.45) is 11.7 Å². The Morgan fingerprint density at radius 3 is 2.07 bits per heavy atom. The normalized spacial score (nSPS) is 14.8. The number of alkyl halides is 2. The van der Waals surface area contributed by atoms with E-state index in [-0.39, 0.29) is 18.7 Å². The van der Waals surface area contributed by atoms with Gasteiger partial charge in [0.1, 0.15) is 11.6 Å². The number of benzene rings is 2. The molecular formula is C33H51F3N2O3. The van der Waals surface area contributed by atoms with Crippen molar-refractivity contribution in [3.05, 3.63) is 77.1 Å². The summed E-state index contributed by atoms with van der Waals surface area (Å²) in [5, 5.41) is 10.2. The fourth-order valence-electron chi connectivity index (χ4n) is 4.61. The molecule has 232 valence electrons. The molecule has 0 radical (unpaired) electrons. The SMILES string of the molecule is C=CC.CC.CC.COc1cc(C)c(F)c(C(O)CCN2CCCC2)c1.NC(=O)C(F)(F)C1Cc2ccccc2C1. The summed E-state index contributed by atoms with van der Waals surface area (Å²) in [7, 11) is 1.55. The third kappa shape index (κ3) is 11.9. The standard InChI is InChI=1S/C15H22FNO2.C11H11F2NO.C3H6.2C2H6/c1-11-9-12(19-2)10-13(15(11)16)14(18)5-8-17-6-3-4-7-17;12-11(13,10(14)15)9-5-7-3-1-2-4-8(7)6-9;1-3-2;2*1-2/h9-10,14,18H,3-8H2,1-2H3;1-4,9H,5-6H2,(H2,14,15);3H,1H2,2H3;2*1-2H3. The lowest BCUT2D eigenvalue weighted by Gasteiger charge is -2.19. The number of amides is 1. The number of hydrogen-bond donors (Lipinski definition) is 2. The number of ether oxygens (including phenoxy) is 1. The number of allylic oxidation sites excluding steroid dienone is 1. The largest absolute Gasteiger partial charge is 0.497 e. The number of carbonyl (C=O) groups excluding carboxylic acids is 1. The lowest BCUT2D eigenvalue weighted by Crippen LogP contribution is -2.42. The van der Waals surface area contributed by atoms with Crippen molar-refractivity contribution in [2.45, 2.75) is 85.7 Å². The summed E-state index contributed by atoms with van der Waals surface area (Å²) in [6.45, 7) is 17.9. The van der Waals surface area contributed by atoms with E-state index in [0.29, 0.717) is 23.3 Å². The van der Waals surface area contributed by atoms with Gasteiger partial charge in [-0.2, -0.15) is 8.78 Å². The Kier molecular flexibility index (Phi) is 18.7. The fourth-order valence-corrected chi connectivity index (χ4v) is 4.61. The first-order chi connectivity index (χ1) is 19.5. The van der Waals surface area contributed by atoms with Crippen molar-refractivity contribution in [1.29, 1.82) is 0 Å². The van der Waals surface area contributed by atoms with Gasteiger partial charge in [-0.15, -0.1) is 6.58 Å². The van der Waals surface area contributed by atoms with Gasteiger partial charge in [-0.25, -0.2) is 4.39 Å². The maximum absolute atomic E-state index is 14.0. The van der Waals surface area contributed by atoms with E-state index in [9.17, 15) is 23.1 Å². The molecule has 1 aliphatic heterocycles. The molecule has 1 amide bonds. The molecule has 2 aliphatic rings. The van der Waals surface area contributed by atoms with Crippen LogP contribution in [-0.4, -0.2) is 48.6 Å². The van der Waals surface area contributed by atoms with E-state index in [0.717, 1.165) is 30.8 Å². The lowest BCUT2D eigenvalue weighted by molar-refractivity contribution is -0.149. The van der Waals surface area contributed by atoms with Crippen molar-refractivity contribution < 1.29 is 27.8 Å². The molecule has 1 aliphatic carbocycles. The van der Waals surface area contributed by atoms with E-state index >= 15 is 0 Å². The zero-order chi connectivity index (χ0) is 31.6. The molecular weight excluding hydrogens is 529 g/mol. The number of nitrogens with two attached hydrogens (primary N) is 1. The second kappa shape index (κ2) is 20.1. The quantitative estimate of drug-likeness (QED) is 0.334. The average molecular weight is 581 g/mol. The van der Waals surface area contributed by atoms with Crippen LogP contribution in [0.25, 0.3) is 0 Å². The van der Waals surface area contributed by atoms with Crippen LogP contribution in [-0.2, 0) is 17.6 Å². The van der Waals surface area contributed by atoms with E-state index < -0.39 is 23.9 Å². The van der Waals surface area contributed by atoms with Gasteiger partial charge in [0.2, 0.25) is 0 Å². The Morgan fingerprint density at radius 1 is 1.15 bits per heavy atom. The summed E-state index contributed by atoms with van der Waals surface area (Å²) in [5.41, 5.74) is 7.33. The third-order valence-corrected chi connectivity index (χ3v) is 6.66. The number of likely N-dealkylation sites (tertiary alicyclic amines) is 1. The van der Waals surface area contributed by atoms with Gasteiger partial charge in [0.25, 0.3) is 5.91 Å². The Bertz CT molecular complexity index is 1020. The number of aliphatic hydroxyl groups is 1. The van der Waals surface area contributed by atoms with Gasteiger partial charge < -0.3 is 20.5 Å². The van der Waals surface area contributed by atoms with Crippen LogP contribution in [0.15, 0.2) is 49.1 Å². The number of nitrogens with zero attached hydrogens (tertiary/aromatic N) is 1. The van der Waals surface area contributed by atoms with E-state index in [1.54, 1.807) is 32.2 Å². The van der Waals surface area contributed by atoms with Crippen molar-refractivity contribution in [1.82, 2.24) is 4.90 Å². The van der Waals surface area contributed by atoms with Crippen LogP contribution < -0.4 is 10.5 Å². The number of rotatable bonds is 7. The van der Waals surface area contributed by atoms with Gasteiger partial charge in [0, 0.05) is 18.0 Å². The van der Waals surface area contributed by atoms with E-state index in [1.165, 1.54) is 12.8 Å². The van der Waals surface area contributed by atoms with Crippen LogP contribution in [0.1, 0.15) is 82.2 Å². The Hall–Kier alpha value is -2.84. The number of methoxy groups -OCH3 is 1. The third-order valence-electron chi connectivity index (χ3n) is 6.66. The predicted molar refractivity (Wildman–Crippen MR) is 163 cm³/mol. The molecule has 1 unspecified atom stereocenters. The van der Waals surface area contributed by atoms with Crippen LogP contribution in [0.3, 0.4) is 0 Å². The maximum Gasteiger partial charge on any atom is 0.327 e. The van der Waals surface area contributed by atoms with Crippen LogP contribution in [0.4, 0.5) is 13.2 Å². The molecule has 1 fully saturated rings. The van der Waals surface area contributed by atoms with Crippen molar-refractivity contribution in [2.75, 3.05) is 26.7 Å². The zero-order valence-corrected chi connectivity index (χ0v) is 26.0. The summed E-state index contributed by atoms with van der Waals surface area (Å²) in [6.07, 6.45) is 4.45. The minimum Gasteiger partial charge on any atom is -0.497 e. The van der Waals surface area contributed by atoms with Gasteiger partial charge in [0.05, 0.1) is 13.2 Å². The summed E-state index contributed by atoms with van der Waals surface area (Å²) < 4.78 is 45.9. The lowest BCUT2D eigenvalue weighted by atomic mass is 9.98. The van der Waals surface area contributed by atoms with Gasteiger partial charge in [-0.05, 0) is 87.9 Å². The molecule has 5 nitrogen and oxygen atoms in total. The molecule has 1 heterocycles. The number of aryl methyl sites for hydroxylation is 1. The van der Waals surface area contributed by atoms with Gasteiger partial charge in [-0.1, -0.05) is 58.0 Å². The minimum absolute atomic E-state index is 0.228. The van der Waals surface area contributed by atoms with Crippen molar-refractivity contribution in [3.8, 4) is 5.75 Å². The van der Waals surface area contributed by atoms with Gasteiger partial charge in [-0.3, -0.25) is 4.79 Å². The number of halogens is 3. The molecule has 0 aromatic heterocycles. The summed E-state index contributed by atoms with van der Waals surface area (Å²) in [5.74, 6) is -5.64. The molecule has 0 bridgehead atoms. The second-order valence-corrected chi connectivity index (χ2v) is 9.47. The monoisotopic (exact) mass is 580 g/mol. The molecule has 41 heavy (non-hydrogen) atoms. The summed E-state index contributed by atoms with van der Waals surface area (Å²) in [4.78, 5) is 12.9. The number of carbonyl (C=O) groups is 1. The fraction of sp³-hybridized carbons (Fsp3) is 0.545. The van der Waals surface area contributed by atoms with Gasteiger partial charge >= 0.3 is 5.92 Å². The molecule has 2 aromatic rings. The molecule has 0 spiro atoms. The first-order valence-electron chi connectivity index (χ1n) is 14.6. The first-order valence-corrected chi connectivity index (χ1v) is 14.6. The van der Waals surface area contributed by atoms with Crippen molar-refractivity contribution in [3.63, 3.8) is 0 Å². The number of primary amides is 1. The van der Waals surface area contributed by atoms with Crippen LogP contribution in [0.2, 0.25) is 0 Å². The number of aliphatic hydroxyl groups excluding tert-OH is 1. The zero-order valence-electron chi connectivity index (χ0n) is 26.0. The smallest absolute Gasteiger partial charge is 0.327 e. The Labute approximate surface area is 245 Å². The predicted octanol–water partition coefficient (Wildman–Crippen LogP) is 7.43. The molecule has 8 heteroatoms. The van der Waals surface area contributed by atoms with E-state index in [2.05, 4.69) is 11.5 Å². The molecule has 1 atom stereocenters. The van der Waals surface area contributed by atoms with E-state index in [4.69, 9.17) is 10.5 Å². The van der Waals surface area contributed by atoms with Crippen LogP contribution in [0.5, 0.6) is 5.75 Å². The average Bonchev–Trinajstić information content (AvgIpc) is 3.66. The highest BCUT2D eigenvalue weighted by Gasteiger charge is 2.47. The second-order valence-electron chi connectivity index (χ2n) is 9.47. The minimum atomic E-state index is -3.40. The summed E-state index contributed by atoms with van der Waals surface area (Å²) in [6, 6.07) is 10.5. The molecule has 1 saturated heterocycles. The number of hydrogen-bond acceptors (Lipinski definition) is 4. The van der Waals surface area contributed by atoms with E-state index in [1.807, 2.05) is 58.9 Å². The highest BCUT2D eigenvalue weighted by atomic mass is 19.3. The number of fused-ring (bicyclic) bond motifs is 1. The maximum atomic E-state index is 14.0. The molecule has 4 rings (SSSR count). The highest BCUT2D eigenvalue weighted by molar-refractivity contribution is 5.82. The molecule has 3 N–H and O–H groups in total. The Balaban J connectivity index is 0.000000651. The summed E-state index contributed by atoms with van der Waals surface area (Å²) >= 11 is 0. The van der Waals surface area contributed by atoms with Crippen LogP contribution >= 0.6 is 0 Å². The first kappa shape index (κ1) is 38.2. The van der Waals surface area contributed by atoms with Crippen molar-refractivity contribution >= 4 is 5.91 Å². The highest BCUT2D eigenvalue weighted by Crippen LogP contribution is 2.36. The molecule has 0 saturated carbocycles. The van der Waals surface area contributed by atoms with Crippen LogP contribution in [0, 0.1) is 18.7 Å². The van der Waals surface area contributed by atoms with Gasteiger partial charge in [0.15, 0.2) is 0 Å². The molecule has 2 aromatic carbocycles. The topological polar surface area (TPSA) is 75.8 Å².